The predicted molar refractivity (Wildman–Crippen MR) is 68.7 cm³/mol. The molecule has 0 fully saturated rings. The van der Waals surface area contributed by atoms with Crippen LogP contribution in [-0.4, -0.2) is 7.11 Å². The summed E-state index contributed by atoms with van der Waals surface area (Å²) in [4.78, 5) is 1.13. The van der Waals surface area contributed by atoms with Crippen LogP contribution in [-0.2, 0) is 0 Å². The van der Waals surface area contributed by atoms with E-state index in [4.69, 9.17) is 10.00 Å². The minimum absolute atomic E-state index is 0.560. The Labute approximate surface area is 106 Å². The summed E-state index contributed by atoms with van der Waals surface area (Å²) >= 11 is 5.05. The second-order valence-corrected chi connectivity index (χ2v) is 4.98. The van der Waals surface area contributed by atoms with E-state index in [-0.39, 0.29) is 0 Å². The molecular weight excluding hydrogens is 286 g/mol. The summed E-state index contributed by atoms with van der Waals surface area (Å²) in [5.41, 5.74) is 1.59. The highest BCUT2D eigenvalue weighted by molar-refractivity contribution is 9.10. The number of hydrogen-bond acceptors (Lipinski definition) is 3. The molecule has 0 unspecified atom stereocenters. The number of methoxy groups -OCH3 is 1. The monoisotopic (exact) mass is 293 g/mol. The highest BCUT2D eigenvalue weighted by Crippen LogP contribution is 2.32. The van der Waals surface area contributed by atoms with E-state index in [0.29, 0.717) is 11.3 Å². The average Bonchev–Trinajstić information content (AvgIpc) is 2.75. The van der Waals surface area contributed by atoms with Crippen molar-refractivity contribution in [1.29, 1.82) is 5.26 Å². The van der Waals surface area contributed by atoms with Crippen LogP contribution in [0.5, 0.6) is 5.75 Å². The van der Waals surface area contributed by atoms with E-state index in [9.17, 15) is 0 Å². The SMILES string of the molecule is COc1ccc(-c2cc(Br)cs2)cc1C#N. The van der Waals surface area contributed by atoms with Crippen molar-refractivity contribution in [2.45, 2.75) is 0 Å². The summed E-state index contributed by atoms with van der Waals surface area (Å²) in [5.74, 6) is 0.613. The Bertz CT molecular complexity index is 556. The normalized spacial score (nSPS) is 9.81. The molecule has 1 aromatic carbocycles. The lowest BCUT2D eigenvalue weighted by atomic mass is 10.1. The van der Waals surface area contributed by atoms with Crippen LogP contribution in [0, 0.1) is 11.3 Å². The van der Waals surface area contributed by atoms with Crippen LogP contribution in [0.25, 0.3) is 10.4 Å². The maximum atomic E-state index is 8.99. The number of halogens is 1. The van der Waals surface area contributed by atoms with Gasteiger partial charge < -0.3 is 4.74 Å². The highest BCUT2D eigenvalue weighted by Gasteiger charge is 2.06. The number of ether oxygens (including phenoxy) is 1. The van der Waals surface area contributed by atoms with Crippen molar-refractivity contribution in [3.8, 4) is 22.3 Å². The van der Waals surface area contributed by atoms with Gasteiger partial charge in [-0.3, -0.25) is 0 Å². The quantitative estimate of drug-likeness (QED) is 0.837. The Morgan fingerprint density at radius 1 is 1.38 bits per heavy atom. The van der Waals surface area contributed by atoms with Crippen LogP contribution in [0.2, 0.25) is 0 Å². The fourth-order valence-electron chi connectivity index (χ4n) is 1.41. The smallest absolute Gasteiger partial charge is 0.136 e. The standard InChI is InChI=1S/C12H8BrNOS/c1-15-11-3-2-8(4-9(11)6-14)12-5-10(13)7-16-12/h2-5,7H,1H3. The third-order valence-corrected chi connectivity index (χ3v) is 3.91. The molecule has 4 heteroatoms. The van der Waals surface area contributed by atoms with Crippen molar-refractivity contribution in [3.63, 3.8) is 0 Å². The molecule has 0 aliphatic heterocycles. The molecule has 80 valence electrons. The fraction of sp³-hybridized carbons (Fsp3) is 0.0833. The van der Waals surface area contributed by atoms with E-state index in [2.05, 4.69) is 22.0 Å². The van der Waals surface area contributed by atoms with Gasteiger partial charge in [-0.1, -0.05) is 0 Å². The summed E-state index contributed by atoms with van der Waals surface area (Å²) in [6.07, 6.45) is 0. The van der Waals surface area contributed by atoms with Crippen LogP contribution >= 0.6 is 27.3 Å². The third kappa shape index (κ3) is 2.11. The lowest BCUT2D eigenvalue weighted by molar-refractivity contribution is 0.413. The van der Waals surface area contributed by atoms with Crippen molar-refractivity contribution < 1.29 is 4.74 Å². The molecule has 1 aromatic heterocycles. The van der Waals surface area contributed by atoms with Crippen LogP contribution in [0.3, 0.4) is 0 Å². The Morgan fingerprint density at radius 3 is 2.75 bits per heavy atom. The number of nitrogens with zero attached hydrogens (tertiary/aromatic N) is 1. The Morgan fingerprint density at radius 2 is 2.19 bits per heavy atom. The predicted octanol–water partition coefficient (Wildman–Crippen LogP) is 4.06. The number of nitriles is 1. The second-order valence-electron chi connectivity index (χ2n) is 3.16. The highest BCUT2D eigenvalue weighted by atomic mass is 79.9. The summed E-state index contributed by atoms with van der Waals surface area (Å²) in [7, 11) is 1.57. The maximum Gasteiger partial charge on any atom is 0.136 e. The van der Waals surface area contributed by atoms with E-state index in [1.165, 1.54) is 0 Å². The molecule has 0 bridgehead atoms. The molecule has 0 N–H and O–H groups in total. The minimum Gasteiger partial charge on any atom is -0.495 e. The van der Waals surface area contributed by atoms with Crippen molar-refractivity contribution >= 4 is 27.3 Å². The van der Waals surface area contributed by atoms with Crippen molar-refractivity contribution in [1.82, 2.24) is 0 Å². The van der Waals surface area contributed by atoms with Gasteiger partial charge in [-0.2, -0.15) is 5.26 Å². The average molecular weight is 294 g/mol. The summed E-state index contributed by atoms with van der Waals surface area (Å²) < 4.78 is 6.16. The van der Waals surface area contributed by atoms with Gasteiger partial charge >= 0.3 is 0 Å². The van der Waals surface area contributed by atoms with Gasteiger partial charge in [0.25, 0.3) is 0 Å². The first kappa shape index (κ1) is 11.2. The van der Waals surface area contributed by atoms with E-state index < -0.39 is 0 Å². The topological polar surface area (TPSA) is 33.0 Å². The number of thiophene rings is 1. The van der Waals surface area contributed by atoms with Crippen LogP contribution in [0.1, 0.15) is 5.56 Å². The van der Waals surface area contributed by atoms with Crippen molar-refractivity contribution in [3.05, 3.63) is 39.7 Å². The summed E-state index contributed by atoms with van der Waals surface area (Å²) in [5, 5.41) is 11.0. The first-order chi connectivity index (χ1) is 7.74. The van der Waals surface area contributed by atoms with Gasteiger partial charge in [-0.15, -0.1) is 11.3 Å². The van der Waals surface area contributed by atoms with Gasteiger partial charge in [-0.05, 0) is 45.8 Å². The molecule has 0 saturated carbocycles. The third-order valence-electron chi connectivity index (χ3n) is 2.17. The largest absolute Gasteiger partial charge is 0.495 e. The molecule has 0 saturated heterocycles. The lowest BCUT2D eigenvalue weighted by Crippen LogP contribution is -1.87. The molecule has 0 amide bonds. The number of benzene rings is 1. The zero-order valence-electron chi connectivity index (χ0n) is 8.53. The van der Waals surface area contributed by atoms with E-state index in [0.717, 1.165) is 14.9 Å². The Balaban J connectivity index is 2.48. The first-order valence-electron chi connectivity index (χ1n) is 4.57. The summed E-state index contributed by atoms with van der Waals surface area (Å²) in [6, 6.07) is 9.79. The molecule has 0 aliphatic carbocycles. The van der Waals surface area contributed by atoms with Gasteiger partial charge in [0.15, 0.2) is 0 Å². The van der Waals surface area contributed by atoms with Gasteiger partial charge in [-0.25, -0.2) is 0 Å². The minimum atomic E-state index is 0.560. The Hall–Kier alpha value is -1.31. The molecule has 0 spiro atoms. The van der Waals surface area contributed by atoms with Crippen molar-refractivity contribution in [2.75, 3.05) is 7.11 Å². The first-order valence-corrected chi connectivity index (χ1v) is 6.24. The van der Waals surface area contributed by atoms with E-state index in [1.807, 2.05) is 29.6 Å². The molecule has 0 atom stereocenters. The lowest BCUT2D eigenvalue weighted by Gasteiger charge is -2.04. The molecular formula is C12H8BrNOS. The molecule has 0 aliphatic rings. The molecule has 0 radical (unpaired) electrons. The Kier molecular flexibility index (Phi) is 3.28. The molecule has 2 aromatic rings. The van der Waals surface area contributed by atoms with E-state index >= 15 is 0 Å². The second kappa shape index (κ2) is 4.69. The van der Waals surface area contributed by atoms with Crippen LogP contribution in [0.15, 0.2) is 34.1 Å². The molecule has 16 heavy (non-hydrogen) atoms. The maximum absolute atomic E-state index is 8.99. The van der Waals surface area contributed by atoms with Gasteiger partial charge in [0, 0.05) is 14.7 Å². The number of rotatable bonds is 2. The van der Waals surface area contributed by atoms with Crippen LogP contribution in [0.4, 0.5) is 0 Å². The number of hydrogen-bond donors (Lipinski definition) is 0. The molecule has 1 heterocycles. The fourth-order valence-corrected chi connectivity index (χ4v) is 2.84. The van der Waals surface area contributed by atoms with E-state index in [1.54, 1.807) is 18.4 Å². The van der Waals surface area contributed by atoms with Crippen LogP contribution < -0.4 is 4.74 Å². The molecule has 2 nitrogen and oxygen atoms in total. The zero-order valence-corrected chi connectivity index (χ0v) is 10.9. The van der Waals surface area contributed by atoms with Crippen molar-refractivity contribution in [2.24, 2.45) is 0 Å². The van der Waals surface area contributed by atoms with Gasteiger partial charge in [0.1, 0.15) is 11.8 Å². The summed E-state index contributed by atoms with van der Waals surface area (Å²) in [6.45, 7) is 0. The van der Waals surface area contributed by atoms with Gasteiger partial charge in [0.2, 0.25) is 0 Å². The molecule has 2 rings (SSSR count). The zero-order chi connectivity index (χ0) is 11.5. The van der Waals surface area contributed by atoms with Gasteiger partial charge in [0.05, 0.1) is 12.7 Å².